The number of hydrogen-bond donors (Lipinski definition) is 2. The molecule has 0 aromatic heterocycles. The number of carboxylic acids is 1. The lowest BCUT2D eigenvalue weighted by atomic mass is 10.1. The predicted molar refractivity (Wildman–Crippen MR) is 77.2 cm³/mol. The van der Waals surface area contributed by atoms with Gasteiger partial charge in [-0.1, -0.05) is 24.3 Å². The Hall–Kier alpha value is -2.69. The zero-order valence-corrected chi connectivity index (χ0v) is 11.6. The number of carboxylic acid groups (broad SMARTS) is 1. The third-order valence-corrected chi connectivity index (χ3v) is 3.18. The number of aromatic carboxylic acids is 1. The van der Waals surface area contributed by atoms with Crippen LogP contribution in [-0.2, 0) is 0 Å². The zero-order chi connectivity index (χ0) is 15.6. The van der Waals surface area contributed by atoms with E-state index in [1.807, 2.05) is 0 Å². The Bertz CT molecular complexity index is 725. The van der Waals surface area contributed by atoms with E-state index in [0.717, 1.165) is 0 Å². The van der Waals surface area contributed by atoms with Crippen LogP contribution in [0.4, 0.5) is 10.1 Å². The van der Waals surface area contributed by atoms with Gasteiger partial charge in [0.05, 0.1) is 16.8 Å². The number of halogens is 1. The molecule has 0 heterocycles. The molecular formula is C16H14FNO3. The maximum atomic E-state index is 13.9. The Labute approximate surface area is 121 Å². The summed E-state index contributed by atoms with van der Waals surface area (Å²) in [5.41, 5.74) is 0.976. The number of aryl methyl sites for hydroxylation is 2. The molecule has 0 aliphatic carbocycles. The average molecular weight is 287 g/mol. The molecule has 2 N–H and O–H groups in total. The SMILES string of the molecule is Cc1cccc(C(=O)Nc2c(C)cccc2C(=O)O)c1F. The number of para-hydroxylation sites is 1. The number of amides is 1. The van der Waals surface area contributed by atoms with Crippen molar-refractivity contribution in [2.45, 2.75) is 13.8 Å². The van der Waals surface area contributed by atoms with E-state index in [1.54, 1.807) is 38.1 Å². The number of benzene rings is 2. The van der Waals surface area contributed by atoms with E-state index in [4.69, 9.17) is 5.11 Å². The topological polar surface area (TPSA) is 66.4 Å². The highest BCUT2D eigenvalue weighted by Crippen LogP contribution is 2.22. The quantitative estimate of drug-likeness (QED) is 0.909. The molecule has 0 aliphatic heterocycles. The maximum Gasteiger partial charge on any atom is 0.337 e. The van der Waals surface area contributed by atoms with Gasteiger partial charge in [0.2, 0.25) is 0 Å². The monoisotopic (exact) mass is 287 g/mol. The largest absolute Gasteiger partial charge is 0.478 e. The first-order valence-corrected chi connectivity index (χ1v) is 6.31. The first-order chi connectivity index (χ1) is 9.91. The van der Waals surface area contributed by atoms with Crippen molar-refractivity contribution < 1.29 is 19.1 Å². The highest BCUT2D eigenvalue weighted by Gasteiger charge is 2.18. The van der Waals surface area contributed by atoms with Gasteiger partial charge in [-0.15, -0.1) is 0 Å². The highest BCUT2D eigenvalue weighted by atomic mass is 19.1. The summed E-state index contributed by atoms with van der Waals surface area (Å²) >= 11 is 0. The van der Waals surface area contributed by atoms with Crippen molar-refractivity contribution in [3.8, 4) is 0 Å². The highest BCUT2D eigenvalue weighted by molar-refractivity contribution is 6.08. The molecule has 0 atom stereocenters. The minimum Gasteiger partial charge on any atom is -0.478 e. The molecule has 21 heavy (non-hydrogen) atoms. The first-order valence-electron chi connectivity index (χ1n) is 6.31. The Morgan fingerprint density at radius 3 is 2.19 bits per heavy atom. The van der Waals surface area contributed by atoms with Gasteiger partial charge in [0.1, 0.15) is 5.82 Å². The normalized spacial score (nSPS) is 10.2. The predicted octanol–water partition coefficient (Wildman–Crippen LogP) is 3.39. The van der Waals surface area contributed by atoms with Gasteiger partial charge in [0.25, 0.3) is 5.91 Å². The number of carbonyl (C=O) groups is 2. The third-order valence-electron chi connectivity index (χ3n) is 3.18. The molecule has 0 spiro atoms. The Morgan fingerprint density at radius 1 is 1.00 bits per heavy atom. The van der Waals surface area contributed by atoms with Crippen LogP contribution in [0.3, 0.4) is 0 Å². The van der Waals surface area contributed by atoms with Crippen molar-refractivity contribution in [1.29, 1.82) is 0 Å². The maximum absolute atomic E-state index is 13.9. The fraction of sp³-hybridized carbons (Fsp3) is 0.125. The average Bonchev–Trinajstić information content (AvgIpc) is 2.43. The molecule has 5 heteroatoms. The van der Waals surface area contributed by atoms with Crippen molar-refractivity contribution in [2.75, 3.05) is 5.32 Å². The van der Waals surface area contributed by atoms with Crippen LogP contribution in [0.25, 0.3) is 0 Å². The fourth-order valence-corrected chi connectivity index (χ4v) is 2.02. The van der Waals surface area contributed by atoms with Crippen molar-refractivity contribution in [2.24, 2.45) is 0 Å². The van der Waals surface area contributed by atoms with Gasteiger partial charge in [-0.3, -0.25) is 4.79 Å². The Morgan fingerprint density at radius 2 is 1.57 bits per heavy atom. The minimum atomic E-state index is -1.15. The second-order valence-corrected chi connectivity index (χ2v) is 4.69. The van der Waals surface area contributed by atoms with Gasteiger partial charge >= 0.3 is 5.97 Å². The molecular weight excluding hydrogens is 273 g/mol. The third kappa shape index (κ3) is 2.91. The smallest absolute Gasteiger partial charge is 0.337 e. The number of carbonyl (C=O) groups excluding carboxylic acids is 1. The zero-order valence-electron chi connectivity index (χ0n) is 11.6. The summed E-state index contributed by atoms with van der Waals surface area (Å²) < 4.78 is 13.9. The molecule has 2 rings (SSSR count). The Balaban J connectivity index is 2.41. The summed E-state index contributed by atoms with van der Waals surface area (Å²) in [7, 11) is 0. The first kappa shape index (κ1) is 14.7. The minimum absolute atomic E-state index is 0.0311. The summed E-state index contributed by atoms with van der Waals surface area (Å²) in [6, 6.07) is 9.14. The lowest BCUT2D eigenvalue weighted by molar-refractivity contribution is 0.0698. The van der Waals surface area contributed by atoms with E-state index in [-0.39, 0.29) is 16.8 Å². The molecule has 0 fully saturated rings. The van der Waals surface area contributed by atoms with E-state index in [1.165, 1.54) is 12.1 Å². The molecule has 0 bridgehead atoms. The van der Waals surface area contributed by atoms with Crippen molar-refractivity contribution in [1.82, 2.24) is 0 Å². The van der Waals surface area contributed by atoms with Crippen molar-refractivity contribution in [3.05, 3.63) is 64.5 Å². The van der Waals surface area contributed by atoms with E-state index in [9.17, 15) is 14.0 Å². The van der Waals surface area contributed by atoms with Crippen LogP contribution in [0.5, 0.6) is 0 Å². The molecule has 2 aromatic rings. The second-order valence-electron chi connectivity index (χ2n) is 4.69. The number of hydrogen-bond acceptors (Lipinski definition) is 2. The van der Waals surface area contributed by atoms with Gasteiger partial charge in [0, 0.05) is 0 Å². The summed E-state index contributed by atoms with van der Waals surface area (Å²) in [6.07, 6.45) is 0. The lowest BCUT2D eigenvalue weighted by Crippen LogP contribution is -2.17. The molecule has 4 nitrogen and oxygen atoms in total. The van der Waals surface area contributed by atoms with Crippen LogP contribution >= 0.6 is 0 Å². The van der Waals surface area contributed by atoms with Gasteiger partial charge in [-0.05, 0) is 37.1 Å². The number of anilines is 1. The molecule has 0 unspecified atom stereocenters. The van der Waals surface area contributed by atoms with Gasteiger partial charge in [0.15, 0.2) is 0 Å². The van der Waals surface area contributed by atoms with Crippen LogP contribution in [0.15, 0.2) is 36.4 Å². The van der Waals surface area contributed by atoms with Crippen LogP contribution in [-0.4, -0.2) is 17.0 Å². The molecule has 2 aromatic carbocycles. The van der Waals surface area contributed by atoms with Crippen LogP contribution in [0, 0.1) is 19.7 Å². The van der Waals surface area contributed by atoms with Gasteiger partial charge < -0.3 is 10.4 Å². The van der Waals surface area contributed by atoms with E-state index in [0.29, 0.717) is 11.1 Å². The van der Waals surface area contributed by atoms with Crippen LogP contribution < -0.4 is 5.32 Å². The molecule has 1 amide bonds. The summed E-state index contributed by atoms with van der Waals surface area (Å²) in [6.45, 7) is 3.23. The summed E-state index contributed by atoms with van der Waals surface area (Å²) in [5.74, 6) is -2.44. The fourth-order valence-electron chi connectivity index (χ4n) is 2.02. The summed E-state index contributed by atoms with van der Waals surface area (Å²) in [4.78, 5) is 23.4. The van der Waals surface area contributed by atoms with Crippen LogP contribution in [0.2, 0.25) is 0 Å². The second kappa shape index (κ2) is 5.75. The van der Waals surface area contributed by atoms with E-state index >= 15 is 0 Å². The number of rotatable bonds is 3. The summed E-state index contributed by atoms with van der Waals surface area (Å²) in [5, 5.41) is 11.6. The van der Waals surface area contributed by atoms with E-state index in [2.05, 4.69) is 5.32 Å². The Kier molecular flexibility index (Phi) is 4.03. The lowest BCUT2D eigenvalue weighted by Gasteiger charge is -2.12. The van der Waals surface area contributed by atoms with Crippen molar-refractivity contribution >= 4 is 17.6 Å². The molecule has 0 saturated heterocycles. The van der Waals surface area contributed by atoms with Crippen molar-refractivity contribution in [3.63, 3.8) is 0 Å². The molecule has 0 aliphatic rings. The van der Waals surface area contributed by atoms with Gasteiger partial charge in [-0.2, -0.15) is 0 Å². The van der Waals surface area contributed by atoms with E-state index < -0.39 is 17.7 Å². The van der Waals surface area contributed by atoms with Gasteiger partial charge in [-0.25, -0.2) is 9.18 Å². The molecule has 108 valence electrons. The molecule has 0 radical (unpaired) electrons. The molecule has 0 saturated carbocycles. The van der Waals surface area contributed by atoms with Crippen LogP contribution in [0.1, 0.15) is 31.8 Å². The standard InChI is InChI=1S/C16H14FNO3/c1-9-5-3-7-11(13(9)17)15(19)18-14-10(2)6-4-8-12(14)16(20)21/h3-8H,1-2H3,(H,18,19)(H,20,21). The number of nitrogens with one attached hydrogen (secondary N) is 1.